The van der Waals surface area contributed by atoms with Crippen LogP contribution in [0.1, 0.15) is 31.4 Å². The molecule has 6 nitrogen and oxygen atoms in total. The second kappa shape index (κ2) is 6.98. The molecule has 4 rings (SSSR count). The molecule has 0 amide bonds. The molecule has 0 aromatic carbocycles. The smallest absolute Gasteiger partial charge is 0.188 e. The zero-order chi connectivity index (χ0) is 16.5. The molecule has 0 N–H and O–H groups in total. The number of likely N-dealkylation sites (tertiary alicyclic amines) is 1. The summed E-state index contributed by atoms with van der Waals surface area (Å²) in [6.07, 6.45) is 5.41. The molecular formula is C17H27N5OS. The van der Waals surface area contributed by atoms with Crippen LogP contribution in [0.2, 0.25) is 0 Å². The van der Waals surface area contributed by atoms with Crippen molar-refractivity contribution in [2.45, 2.75) is 38.7 Å². The zero-order valence-electron chi connectivity index (χ0n) is 14.7. The van der Waals surface area contributed by atoms with Crippen molar-refractivity contribution in [2.75, 3.05) is 44.2 Å². The van der Waals surface area contributed by atoms with Crippen molar-refractivity contribution in [3.63, 3.8) is 0 Å². The van der Waals surface area contributed by atoms with Gasteiger partial charge >= 0.3 is 0 Å². The lowest BCUT2D eigenvalue weighted by Gasteiger charge is -2.31. The average Bonchev–Trinajstić information content (AvgIpc) is 3.04. The standard InChI is InChI=1S/C17H27N5OS/c1-13-15-16(20(2)19-13)18-17(24-15)22-9-6-10-23-14(12-22)11-21-7-4-3-5-8-21/h14H,3-12H2,1-2H3/t14-/m0/s1. The van der Waals surface area contributed by atoms with Gasteiger partial charge in [-0.05, 0) is 39.3 Å². The number of hydrogen-bond donors (Lipinski definition) is 0. The lowest BCUT2D eigenvalue weighted by atomic mass is 10.1. The highest BCUT2D eigenvalue weighted by molar-refractivity contribution is 7.22. The van der Waals surface area contributed by atoms with E-state index in [4.69, 9.17) is 9.72 Å². The fourth-order valence-electron chi connectivity index (χ4n) is 3.82. The van der Waals surface area contributed by atoms with E-state index in [1.807, 2.05) is 11.7 Å². The van der Waals surface area contributed by atoms with E-state index in [0.717, 1.165) is 49.1 Å². The zero-order valence-corrected chi connectivity index (χ0v) is 15.5. The minimum Gasteiger partial charge on any atom is -0.375 e. The normalized spacial score (nSPS) is 23.8. The van der Waals surface area contributed by atoms with Gasteiger partial charge in [0, 0.05) is 33.3 Å². The third-order valence-corrected chi connectivity index (χ3v) is 6.28. The fraction of sp³-hybridized carbons (Fsp3) is 0.765. The van der Waals surface area contributed by atoms with Gasteiger partial charge in [0.1, 0.15) is 0 Å². The lowest BCUT2D eigenvalue weighted by Crippen LogP contribution is -2.42. The first-order valence-corrected chi connectivity index (χ1v) is 9.91. The van der Waals surface area contributed by atoms with Crippen LogP contribution in [0.15, 0.2) is 0 Å². The molecule has 0 saturated carbocycles. The maximum atomic E-state index is 6.14. The highest BCUT2D eigenvalue weighted by Crippen LogP contribution is 2.31. The summed E-state index contributed by atoms with van der Waals surface area (Å²) in [6, 6.07) is 0. The number of hydrogen-bond acceptors (Lipinski definition) is 6. The van der Waals surface area contributed by atoms with E-state index in [9.17, 15) is 0 Å². The third-order valence-electron chi connectivity index (χ3n) is 5.06. The molecule has 2 aliphatic rings. The maximum absolute atomic E-state index is 6.14. The molecule has 132 valence electrons. The molecule has 4 heterocycles. The molecule has 7 heteroatoms. The van der Waals surface area contributed by atoms with Gasteiger partial charge in [-0.1, -0.05) is 17.8 Å². The second-order valence-electron chi connectivity index (χ2n) is 7.01. The van der Waals surface area contributed by atoms with Crippen LogP contribution < -0.4 is 4.90 Å². The second-order valence-corrected chi connectivity index (χ2v) is 7.99. The Bertz CT molecular complexity index is 656. The van der Waals surface area contributed by atoms with Crippen LogP contribution in [0.3, 0.4) is 0 Å². The first kappa shape index (κ1) is 16.3. The molecule has 2 aromatic rings. The SMILES string of the molecule is Cc1nn(C)c2nc(N3CCCO[C@@H](CN4CCCCC4)C3)sc12. The monoisotopic (exact) mass is 349 g/mol. The number of fused-ring (bicyclic) bond motifs is 1. The minimum atomic E-state index is 0.289. The summed E-state index contributed by atoms with van der Waals surface area (Å²) < 4.78 is 9.24. The molecule has 1 atom stereocenters. The molecule has 0 radical (unpaired) electrons. The number of piperidine rings is 1. The molecule has 0 unspecified atom stereocenters. The Hall–Kier alpha value is -1.18. The van der Waals surface area contributed by atoms with Gasteiger partial charge in [-0.3, -0.25) is 0 Å². The number of aromatic nitrogens is 3. The van der Waals surface area contributed by atoms with E-state index < -0.39 is 0 Å². The fourth-order valence-corrected chi connectivity index (χ4v) is 4.89. The van der Waals surface area contributed by atoms with Gasteiger partial charge in [-0.15, -0.1) is 0 Å². The van der Waals surface area contributed by atoms with Gasteiger partial charge in [-0.2, -0.15) is 5.10 Å². The van der Waals surface area contributed by atoms with Gasteiger partial charge in [0.25, 0.3) is 0 Å². The van der Waals surface area contributed by atoms with E-state index >= 15 is 0 Å². The van der Waals surface area contributed by atoms with E-state index in [0.29, 0.717) is 0 Å². The Morgan fingerprint density at radius 2 is 2.00 bits per heavy atom. The van der Waals surface area contributed by atoms with Crippen molar-refractivity contribution in [3.05, 3.63) is 5.69 Å². The van der Waals surface area contributed by atoms with Crippen LogP contribution in [-0.2, 0) is 11.8 Å². The van der Waals surface area contributed by atoms with Gasteiger partial charge in [0.2, 0.25) is 0 Å². The van der Waals surface area contributed by atoms with E-state index in [1.165, 1.54) is 37.1 Å². The topological polar surface area (TPSA) is 46.4 Å². The summed E-state index contributed by atoms with van der Waals surface area (Å²) in [7, 11) is 1.98. The summed E-state index contributed by atoms with van der Waals surface area (Å²) in [5, 5.41) is 5.58. The third kappa shape index (κ3) is 3.30. The Balaban J connectivity index is 1.49. The largest absolute Gasteiger partial charge is 0.375 e. The van der Waals surface area contributed by atoms with Crippen LogP contribution in [-0.4, -0.2) is 65.1 Å². The summed E-state index contributed by atoms with van der Waals surface area (Å²) in [5.41, 5.74) is 2.08. The first-order chi connectivity index (χ1) is 11.7. The average molecular weight is 350 g/mol. The Morgan fingerprint density at radius 3 is 2.79 bits per heavy atom. The number of ether oxygens (including phenoxy) is 1. The van der Waals surface area contributed by atoms with Crippen molar-refractivity contribution in [1.29, 1.82) is 0 Å². The summed E-state index contributed by atoms with van der Waals surface area (Å²) >= 11 is 1.77. The molecule has 2 fully saturated rings. The Morgan fingerprint density at radius 1 is 1.17 bits per heavy atom. The van der Waals surface area contributed by atoms with Crippen molar-refractivity contribution in [2.24, 2.45) is 7.05 Å². The maximum Gasteiger partial charge on any atom is 0.188 e. The number of anilines is 1. The summed E-state index contributed by atoms with van der Waals surface area (Å²) in [5.74, 6) is 0. The summed E-state index contributed by atoms with van der Waals surface area (Å²) in [6.45, 7) is 8.42. The molecular weight excluding hydrogens is 322 g/mol. The molecule has 0 bridgehead atoms. The van der Waals surface area contributed by atoms with Crippen LogP contribution in [0.25, 0.3) is 10.3 Å². The number of nitrogens with zero attached hydrogens (tertiary/aromatic N) is 5. The van der Waals surface area contributed by atoms with Gasteiger partial charge in [-0.25, -0.2) is 9.67 Å². The molecule has 24 heavy (non-hydrogen) atoms. The number of rotatable bonds is 3. The van der Waals surface area contributed by atoms with Crippen LogP contribution >= 0.6 is 11.3 Å². The van der Waals surface area contributed by atoms with Crippen molar-refractivity contribution in [3.8, 4) is 0 Å². The molecule has 2 aromatic heterocycles. The van der Waals surface area contributed by atoms with Gasteiger partial charge < -0.3 is 14.5 Å². The lowest BCUT2D eigenvalue weighted by molar-refractivity contribution is 0.0350. The quantitative estimate of drug-likeness (QED) is 0.852. The minimum absolute atomic E-state index is 0.289. The molecule has 2 aliphatic heterocycles. The predicted molar refractivity (Wildman–Crippen MR) is 98.0 cm³/mol. The number of aryl methyl sites for hydroxylation is 2. The van der Waals surface area contributed by atoms with E-state index in [-0.39, 0.29) is 6.10 Å². The first-order valence-electron chi connectivity index (χ1n) is 9.10. The van der Waals surface area contributed by atoms with Crippen LogP contribution in [0, 0.1) is 6.92 Å². The number of thiazole rings is 1. The van der Waals surface area contributed by atoms with Crippen LogP contribution in [0.4, 0.5) is 5.13 Å². The van der Waals surface area contributed by atoms with Crippen molar-refractivity contribution < 1.29 is 4.74 Å². The molecule has 0 aliphatic carbocycles. The van der Waals surface area contributed by atoms with Gasteiger partial charge in [0.15, 0.2) is 10.8 Å². The van der Waals surface area contributed by atoms with Gasteiger partial charge in [0.05, 0.1) is 16.5 Å². The highest BCUT2D eigenvalue weighted by Gasteiger charge is 2.25. The Labute approximate surface area is 147 Å². The molecule has 0 spiro atoms. The summed E-state index contributed by atoms with van der Waals surface area (Å²) in [4.78, 5) is 9.85. The van der Waals surface area contributed by atoms with E-state index in [1.54, 1.807) is 11.3 Å². The predicted octanol–water partition coefficient (Wildman–Crippen LogP) is 2.42. The Kier molecular flexibility index (Phi) is 4.74. The van der Waals surface area contributed by atoms with E-state index in [2.05, 4.69) is 21.8 Å². The van der Waals surface area contributed by atoms with Crippen molar-refractivity contribution >= 4 is 26.8 Å². The molecule has 2 saturated heterocycles. The van der Waals surface area contributed by atoms with Crippen molar-refractivity contribution in [1.82, 2.24) is 19.7 Å². The van der Waals surface area contributed by atoms with Crippen LogP contribution in [0.5, 0.6) is 0 Å². The highest BCUT2D eigenvalue weighted by atomic mass is 32.1.